The van der Waals surface area contributed by atoms with E-state index in [9.17, 15) is 17.6 Å². The van der Waals surface area contributed by atoms with E-state index in [0.717, 1.165) is 30.5 Å². The van der Waals surface area contributed by atoms with Gasteiger partial charge in [0.25, 0.3) is 5.91 Å². The van der Waals surface area contributed by atoms with Crippen LogP contribution < -0.4 is 5.32 Å². The molecule has 2 aromatic carbocycles. The Balaban J connectivity index is 1.62. The fraction of sp³-hybridized carbons (Fsp3) is 0.300. The minimum atomic E-state index is -3.99. The standard InChI is InChI=1S/C20H21FN6O3S/c1-13-5-7-16(12-18(13)27-14(2)23-24-25-27)22-20(28)15-6-8-17(21)19(11-15)31(29,30)26-9-3-4-10-26/h5-8,11-12H,3-4,9-10H2,1-2H3,(H,22,28). The lowest BCUT2D eigenvalue weighted by Crippen LogP contribution is -2.29. The average Bonchev–Trinajstić information content (AvgIpc) is 3.42. The van der Waals surface area contributed by atoms with Crippen molar-refractivity contribution >= 4 is 21.6 Å². The Hall–Kier alpha value is -3.18. The third-order valence-electron chi connectivity index (χ3n) is 5.20. The van der Waals surface area contributed by atoms with E-state index in [4.69, 9.17) is 0 Å². The van der Waals surface area contributed by atoms with Gasteiger partial charge >= 0.3 is 0 Å². The van der Waals surface area contributed by atoms with Gasteiger partial charge in [0.1, 0.15) is 10.7 Å². The first-order valence-corrected chi connectivity index (χ1v) is 11.2. The van der Waals surface area contributed by atoms with Crippen LogP contribution in [0.25, 0.3) is 5.69 Å². The minimum absolute atomic E-state index is 0.0416. The third kappa shape index (κ3) is 4.06. The Morgan fingerprint density at radius 1 is 1.10 bits per heavy atom. The number of sulfonamides is 1. The van der Waals surface area contributed by atoms with E-state index < -0.39 is 26.6 Å². The molecule has 0 saturated carbocycles. The number of nitrogens with one attached hydrogen (secondary N) is 1. The van der Waals surface area contributed by atoms with Crippen LogP contribution in [0.4, 0.5) is 10.1 Å². The molecule has 1 aliphatic rings. The highest BCUT2D eigenvalue weighted by Gasteiger charge is 2.30. The van der Waals surface area contributed by atoms with Crippen LogP contribution in [0.5, 0.6) is 0 Å². The van der Waals surface area contributed by atoms with Crippen LogP contribution in [0.2, 0.25) is 0 Å². The molecule has 1 saturated heterocycles. The summed E-state index contributed by atoms with van der Waals surface area (Å²) < 4.78 is 42.7. The van der Waals surface area contributed by atoms with Gasteiger partial charge in [0.2, 0.25) is 10.0 Å². The van der Waals surface area contributed by atoms with Crippen molar-refractivity contribution in [2.75, 3.05) is 18.4 Å². The first-order valence-electron chi connectivity index (χ1n) is 9.74. The fourth-order valence-corrected chi connectivity index (χ4v) is 5.09. The summed E-state index contributed by atoms with van der Waals surface area (Å²) in [4.78, 5) is 12.3. The molecule has 0 unspecified atom stereocenters. The number of benzene rings is 2. The van der Waals surface area contributed by atoms with E-state index in [1.54, 1.807) is 29.8 Å². The minimum Gasteiger partial charge on any atom is -0.322 e. The van der Waals surface area contributed by atoms with Crippen LogP contribution in [0.15, 0.2) is 41.3 Å². The second kappa shape index (κ2) is 8.16. The molecule has 1 aromatic heterocycles. The molecule has 3 aromatic rings. The van der Waals surface area contributed by atoms with Crippen molar-refractivity contribution < 1.29 is 17.6 Å². The number of tetrazole rings is 1. The molecule has 31 heavy (non-hydrogen) atoms. The highest BCUT2D eigenvalue weighted by Crippen LogP contribution is 2.25. The zero-order valence-electron chi connectivity index (χ0n) is 17.0. The van der Waals surface area contributed by atoms with Gasteiger partial charge in [-0.15, -0.1) is 5.10 Å². The summed E-state index contributed by atoms with van der Waals surface area (Å²) in [6.45, 7) is 4.34. The predicted molar refractivity (Wildman–Crippen MR) is 111 cm³/mol. The van der Waals surface area contributed by atoms with Crippen LogP contribution in [0, 0.1) is 19.7 Å². The summed E-state index contributed by atoms with van der Waals surface area (Å²) in [6.07, 6.45) is 1.47. The molecule has 0 aliphatic carbocycles. The maximum absolute atomic E-state index is 14.3. The van der Waals surface area contributed by atoms with Crippen molar-refractivity contribution in [2.24, 2.45) is 0 Å². The lowest BCUT2D eigenvalue weighted by atomic mass is 10.1. The average molecular weight is 444 g/mol. The molecule has 162 valence electrons. The summed E-state index contributed by atoms with van der Waals surface area (Å²) in [5, 5.41) is 14.2. The highest BCUT2D eigenvalue weighted by molar-refractivity contribution is 7.89. The zero-order chi connectivity index (χ0) is 22.2. The van der Waals surface area contributed by atoms with Gasteiger partial charge in [-0.2, -0.15) is 8.99 Å². The number of aromatic nitrogens is 4. The smallest absolute Gasteiger partial charge is 0.255 e. The lowest BCUT2D eigenvalue weighted by Gasteiger charge is -2.16. The maximum atomic E-state index is 14.3. The zero-order valence-corrected chi connectivity index (χ0v) is 17.9. The summed E-state index contributed by atoms with van der Waals surface area (Å²) in [5.41, 5.74) is 2.10. The van der Waals surface area contributed by atoms with Crippen LogP contribution in [0.3, 0.4) is 0 Å². The number of anilines is 1. The topological polar surface area (TPSA) is 110 Å². The van der Waals surface area contributed by atoms with Crippen molar-refractivity contribution in [3.05, 3.63) is 59.2 Å². The molecule has 0 bridgehead atoms. The Labute approximate surface area is 178 Å². The van der Waals surface area contributed by atoms with E-state index in [-0.39, 0.29) is 5.56 Å². The number of rotatable bonds is 5. The summed E-state index contributed by atoms with van der Waals surface area (Å²) >= 11 is 0. The molecular formula is C20H21FN6O3S. The molecule has 9 nitrogen and oxygen atoms in total. The monoisotopic (exact) mass is 444 g/mol. The molecule has 1 fully saturated rings. The summed E-state index contributed by atoms with van der Waals surface area (Å²) in [5.74, 6) is -0.849. The van der Waals surface area contributed by atoms with E-state index in [0.29, 0.717) is 30.3 Å². The van der Waals surface area contributed by atoms with Crippen LogP contribution in [-0.4, -0.2) is 51.9 Å². The van der Waals surface area contributed by atoms with Gasteiger partial charge in [-0.25, -0.2) is 12.8 Å². The number of halogens is 1. The number of aryl methyl sites for hydroxylation is 2. The highest BCUT2D eigenvalue weighted by atomic mass is 32.2. The number of amides is 1. The SMILES string of the molecule is Cc1ccc(NC(=O)c2ccc(F)c(S(=O)(=O)N3CCCC3)c2)cc1-n1nnnc1C. The molecule has 1 aliphatic heterocycles. The van der Waals surface area contributed by atoms with Gasteiger partial charge in [-0.1, -0.05) is 6.07 Å². The molecule has 0 atom stereocenters. The second-order valence-corrected chi connectivity index (χ2v) is 9.26. The van der Waals surface area contributed by atoms with Gasteiger partial charge in [0.15, 0.2) is 5.82 Å². The molecule has 0 spiro atoms. The third-order valence-corrected chi connectivity index (χ3v) is 7.11. The van der Waals surface area contributed by atoms with E-state index >= 15 is 0 Å². The van der Waals surface area contributed by atoms with E-state index in [1.165, 1.54) is 10.4 Å². The summed E-state index contributed by atoms with van der Waals surface area (Å²) in [6, 6.07) is 8.57. The lowest BCUT2D eigenvalue weighted by molar-refractivity contribution is 0.102. The predicted octanol–water partition coefficient (Wildman–Crippen LogP) is 2.46. The number of carbonyl (C=O) groups is 1. The molecule has 1 N–H and O–H groups in total. The van der Waals surface area contributed by atoms with Gasteiger partial charge in [0.05, 0.1) is 5.69 Å². The number of hydrogen-bond donors (Lipinski definition) is 1. The first-order chi connectivity index (χ1) is 14.8. The maximum Gasteiger partial charge on any atom is 0.255 e. The molecule has 0 radical (unpaired) electrons. The number of carbonyl (C=O) groups excluding carboxylic acids is 1. The van der Waals surface area contributed by atoms with Crippen molar-refractivity contribution in [1.82, 2.24) is 24.5 Å². The number of hydrogen-bond acceptors (Lipinski definition) is 6. The first kappa shape index (κ1) is 21.1. The van der Waals surface area contributed by atoms with Gasteiger partial charge < -0.3 is 5.32 Å². The normalized spacial score (nSPS) is 14.7. The van der Waals surface area contributed by atoms with Crippen LogP contribution >= 0.6 is 0 Å². The quantitative estimate of drug-likeness (QED) is 0.647. The van der Waals surface area contributed by atoms with Gasteiger partial charge in [0, 0.05) is 24.3 Å². The van der Waals surface area contributed by atoms with E-state index in [2.05, 4.69) is 20.8 Å². The number of nitrogens with zero attached hydrogens (tertiary/aromatic N) is 5. The van der Waals surface area contributed by atoms with Crippen molar-refractivity contribution in [3.63, 3.8) is 0 Å². The Bertz CT molecular complexity index is 1250. The fourth-order valence-electron chi connectivity index (χ4n) is 3.48. The summed E-state index contributed by atoms with van der Waals surface area (Å²) in [7, 11) is -3.99. The van der Waals surface area contributed by atoms with Gasteiger partial charge in [-0.05, 0) is 73.0 Å². The molecule has 11 heteroatoms. The van der Waals surface area contributed by atoms with Crippen LogP contribution in [0.1, 0.15) is 34.6 Å². The molecule has 4 rings (SSSR count). The van der Waals surface area contributed by atoms with Crippen molar-refractivity contribution in [1.29, 1.82) is 0 Å². The molecular weight excluding hydrogens is 423 g/mol. The Morgan fingerprint density at radius 2 is 1.84 bits per heavy atom. The second-order valence-electron chi connectivity index (χ2n) is 7.35. The van der Waals surface area contributed by atoms with Gasteiger partial charge in [-0.3, -0.25) is 4.79 Å². The van der Waals surface area contributed by atoms with Crippen molar-refractivity contribution in [2.45, 2.75) is 31.6 Å². The molecule has 2 heterocycles. The largest absolute Gasteiger partial charge is 0.322 e. The Morgan fingerprint density at radius 3 is 2.52 bits per heavy atom. The Kier molecular flexibility index (Phi) is 5.54. The van der Waals surface area contributed by atoms with Crippen molar-refractivity contribution in [3.8, 4) is 5.69 Å². The molecule has 1 amide bonds. The van der Waals surface area contributed by atoms with Crippen LogP contribution in [-0.2, 0) is 10.0 Å². The van der Waals surface area contributed by atoms with E-state index in [1.807, 2.05) is 6.92 Å².